The van der Waals surface area contributed by atoms with Crippen molar-refractivity contribution in [1.82, 2.24) is 4.90 Å². The third-order valence-corrected chi connectivity index (χ3v) is 8.03. The highest BCUT2D eigenvalue weighted by Crippen LogP contribution is 2.60. The van der Waals surface area contributed by atoms with Crippen molar-refractivity contribution >= 4 is 28.6 Å². The van der Waals surface area contributed by atoms with Crippen molar-refractivity contribution in [3.8, 4) is 5.75 Å². The number of hydrogen-bond acceptors (Lipinski definition) is 4. The Hall–Kier alpha value is -4.25. The summed E-state index contributed by atoms with van der Waals surface area (Å²) in [4.78, 5) is 41.2. The number of rotatable bonds is 4. The van der Waals surface area contributed by atoms with E-state index in [0.717, 1.165) is 33.0 Å². The summed E-state index contributed by atoms with van der Waals surface area (Å²) < 4.78 is 5.54. The van der Waals surface area contributed by atoms with Crippen molar-refractivity contribution < 1.29 is 19.1 Å². The van der Waals surface area contributed by atoms with Gasteiger partial charge >= 0.3 is 5.97 Å². The summed E-state index contributed by atoms with van der Waals surface area (Å²) in [5, 5.41) is 2.04. The van der Waals surface area contributed by atoms with Gasteiger partial charge in [-0.1, -0.05) is 78.9 Å². The number of ether oxygens (including phenoxy) is 1. The minimum atomic E-state index is -0.463. The number of carbonyl (C=O) groups is 3. The van der Waals surface area contributed by atoms with Gasteiger partial charge in [-0.15, -0.1) is 0 Å². The molecule has 2 unspecified atom stereocenters. The highest BCUT2D eigenvalue weighted by atomic mass is 16.5. The molecule has 4 aromatic carbocycles. The van der Waals surface area contributed by atoms with Gasteiger partial charge in [0.2, 0.25) is 11.8 Å². The number of amides is 2. The van der Waals surface area contributed by atoms with Gasteiger partial charge < -0.3 is 4.74 Å². The molecule has 0 radical (unpaired) electrons. The molecule has 4 aromatic rings. The Morgan fingerprint density at radius 3 is 1.72 bits per heavy atom. The number of esters is 1. The van der Waals surface area contributed by atoms with Crippen LogP contribution in [0.4, 0.5) is 0 Å². The van der Waals surface area contributed by atoms with Gasteiger partial charge in [-0.3, -0.25) is 19.3 Å². The van der Waals surface area contributed by atoms with E-state index in [1.807, 2.05) is 60.7 Å². The number of carbonyl (C=O) groups excluding carboxylic acids is 3. The quantitative estimate of drug-likeness (QED) is 0.237. The van der Waals surface area contributed by atoms with Crippen LogP contribution in [-0.2, 0) is 14.4 Å². The van der Waals surface area contributed by atoms with Crippen molar-refractivity contribution in [1.29, 1.82) is 0 Å². The molecule has 36 heavy (non-hydrogen) atoms. The lowest BCUT2D eigenvalue weighted by Crippen LogP contribution is -2.41. The molecule has 2 atom stereocenters. The average Bonchev–Trinajstić information content (AvgIpc) is 3.17. The van der Waals surface area contributed by atoms with Gasteiger partial charge in [-0.2, -0.15) is 0 Å². The standard InChI is InChI=1S/C31H23NO4/c33-25(36-20-14-13-18-7-1-2-8-19(18)17-20)15-16-32-30(34)28-26-21-9-3-4-10-22(21)27(29(28)31(32)35)24-12-6-5-11-23(24)26/h1-14,17,26-29H,15-16H2. The van der Waals surface area contributed by atoms with Gasteiger partial charge in [0, 0.05) is 18.4 Å². The number of fused-ring (bicyclic) bond motifs is 1. The molecule has 0 saturated carbocycles. The fraction of sp³-hybridized carbons (Fsp3) is 0.194. The SMILES string of the molecule is O=C(CCN1C(=O)C2C3c4ccccc4C(c4ccccc43)C2C1=O)Oc1ccc2ccccc2c1. The van der Waals surface area contributed by atoms with Crippen molar-refractivity contribution in [3.05, 3.63) is 113 Å². The first-order valence-electron chi connectivity index (χ1n) is 12.3. The third-order valence-electron chi connectivity index (χ3n) is 8.03. The summed E-state index contributed by atoms with van der Waals surface area (Å²) >= 11 is 0. The van der Waals surface area contributed by atoms with Crippen LogP contribution in [0.25, 0.3) is 10.8 Å². The first-order chi connectivity index (χ1) is 17.6. The smallest absolute Gasteiger partial charge is 0.312 e. The van der Waals surface area contributed by atoms with Crippen LogP contribution in [0.3, 0.4) is 0 Å². The summed E-state index contributed by atoms with van der Waals surface area (Å²) in [6.45, 7) is 0.0310. The van der Waals surface area contributed by atoms with E-state index in [1.54, 1.807) is 6.07 Å². The lowest BCUT2D eigenvalue weighted by atomic mass is 9.55. The minimum absolute atomic E-state index is 0.0310. The summed E-state index contributed by atoms with van der Waals surface area (Å²) in [5.41, 5.74) is 4.56. The molecular weight excluding hydrogens is 450 g/mol. The zero-order chi connectivity index (χ0) is 24.4. The Kier molecular flexibility index (Phi) is 4.61. The predicted molar refractivity (Wildman–Crippen MR) is 134 cm³/mol. The Balaban J connectivity index is 1.13. The second-order valence-electron chi connectivity index (χ2n) is 9.83. The predicted octanol–water partition coefficient (Wildman–Crippen LogP) is 5.03. The Labute approximate surface area is 208 Å². The molecule has 0 aromatic heterocycles. The monoisotopic (exact) mass is 473 g/mol. The molecular formula is C31H23NO4. The van der Waals surface area contributed by atoms with Crippen molar-refractivity contribution in [2.24, 2.45) is 11.8 Å². The van der Waals surface area contributed by atoms with Crippen LogP contribution in [-0.4, -0.2) is 29.2 Å². The first-order valence-corrected chi connectivity index (χ1v) is 12.3. The largest absolute Gasteiger partial charge is 0.426 e. The highest BCUT2D eigenvalue weighted by molar-refractivity contribution is 6.08. The van der Waals surface area contributed by atoms with Crippen LogP contribution in [0.5, 0.6) is 5.75 Å². The molecule has 3 aliphatic carbocycles. The molecule has 5 nitrogen and oxygen atoms in total. The molecule has 176 valence electrons. The highest BCUT2D eigenvalue weighted by Gasteiger charge is 2.61. The molecule has 8 rings (SSSR count). The molecule has 1 heterocycles. The van der Waals surface area contributed by atoms with Gasteiger partial charge in [0.1, 0.15) is 5.75 Å². The van der Waals surface area contributed by atoms with Crippen molar-refractivity contribution in [2.75, 3.05) is 6.54 Å². The zero-order valence-corrected chi connectivity index (χ0v) is 19.5. The van der Waals surface area contributed by atoms with Crippen LogP contribution in [0.2, 0.25) is 0 Å². The lowest BCUT2D eigenvalue weighted by molar-refractivity contribution is -0.141. The molecule has 1 aliphatic heterocycles. The fourth-order valence-electron chi connectivity index (χ4n) is 6.58. The van der Waals surface area contributed by atoms with Gasteiger partial charge in [0.25, 0.3) is 0 Å². The normalized spacial score (nSPS) is 23.4. The zero-order valence-electron chi connectivity index (χ0n) is 19.5. The maximum atomic E-state index is 13.6. The maximum absolute atomic E-state index is 13.6. The molecule has 1 saturated heterocycles. The maximum Gasteiger partial charge on any atom is 0.312 e. The van der Waals surface area contributed by atoms with E-state index in [9.17, 15) is 14.4 Å². The molecule has 0 N–H and O–H groups in total. The van der Waals surface area contributed by atoms with E-state index in [1.165, 1.54) is 4.90 Å². The second kappa shape index (κ2) is 7.89. The lowest BCUT2D eigenvalue weighted by Gasteiger charge is -2.45. The van der Waals surface area contributed by atoms with Crippen molar-refractivity contribution in [2.45, 2.75) is 18.3 Å². The van der Waals surface area contributed by atoms with Crippen LogP contribution in [0, 0.1) is 11.8 Å². The number of imide groups is 1. The Morgan fingerprint density at radius 1 is 0.667 bits per heavy atom. The average molecular weight is 474 g/mol. The third kappa shape index (κ3) is 2.99. The molecule has 2 amide bonds. The van der Waals surface area contributed by atoms with E-state index in [2.05, 4.69) is 24.3 Å². The van der Waals surface area contributed by atoms with E-state index in [0.29, 0.717) is 5.75 Å². The summed E-state index contributed by atoms with van der Waals surface area (Å²) in [7, 11) is 0. The Bertz CT molecular complexity index is 1460. The minimum Gasteiger partial charge on any atom is -0.426 e. The summed E-state index contributed by atoms with van der Waals surface area (Å²) in [5.74, 6) is -1.50. The summed E-state index contributed by atoms with van der Waals surface area (Å²) in [6.07, 6.45) is -0.0427. The van der Waals surface area contributed by atoms with Crippen LogP contribution in [0.1, 0.15) is 40.5 Å². The molecule has 1 fully saturated rings. The number of benzene rings is 4. The van der Waals surface area contributed by atoms with Crippen LogP contribution >= 0.6 is 0 Å². The van der Waals surface area contributed by atoms with E-state index < -0.39 is 17.8 Å². The van der Waals surface area contributed by atoms with Gasteiger partial charge in [0.15, 0.2) is 0 Å². The molecule has 2 bridgehead atoms. The second-order valence-corrected chi connectivity index (χ2v) is 9.83. The van der Waals surface area contributed by atoms with E-state index in [-0.39, 0.29) is 36.6 Å². The van der Waals surface area contributed by atoms with Gasteiger partial charge in [-0.05, 0) is 45.2 Å². The summed E-state index contributed by atoms with van der Waals surface area (Å²) in [6, 6.07) is 29.7. The van der Waals surface area contributed by atoms with Crippen LogP contribution in [0.15, 0.2) is 91.0 Å². The van der Waals surface area contributed by atoms with Crippen molar-refractivity contribution in [3.63, 3.8) is 0 Å². The molecule has 5 heteroatoms. The fourth-order valence-corrected chi connectivity index (χ4v) is 6.58. The number of hydrogen-bond donors (Lipinski definition) is 0. The number of nitrogens with zero attached hydrogens (tertiary/aromatic N) is 1. The van der Waals surface area contributed by atoms with Gasteiger partial charge in [0.05, 0.1) is 18.3 Å². The van der Waals surface area contributed by atoms with Crippen LogP contribution < -0.4 is 4.74 Å². The van der Waals surface area contributed by atoms with E-state index in [4.69, 9.17) is 4.74 Å². The molecule has 4 aliphatic rings. The van der Waals surface area contributed by atoms with Gasteiger partial charge in [-0.25, -0.2) is 0 Å². The Morgan fingerprint density at radius 2 is 1.17 bits per heavy atom. The topological polar surface area (TPSA) is 63.7 Å². The molecule has 0 spiro atoms. The number of likely N-dealkylation sites (tertiary alicyclic amines) is 1. The van der Waals surface area contributed by atoms with E-state index >= 15 is 0 Å². The first kappa shape index (κ1) is 21.1.